The van der Waals surface area contributed by atoms with Crippen LogP contribution in [0, 0.1) is 5.92 Å². The summed E-state index contributed by atoms with van der Waals surface area (Å²) in [5.41, 5.74) is 0.0240. The maximum absolute atomic E-state index is 13.2. The lowest BCUT2D eigenvalue weighted by Gasteiger charge is -2.38. The lowest BCUT2D eigenvalue weighted by Crippen LogP contribution is -2.48. The summed E-state index contributed by atoms with van der Waals surface area (Å²) in [6.45, 7) is 10.6. The van der Waals surface area contributed by atoms with Gasteiger partial charge in [0.25, 0.3) is 5.91 Å². The molecule has 0 unspecified atom stereocenters. The number of benzene rings is 1. The second-order valence-electron chi connectivity index (χ2n) is 8.10. The fourth-order valence-electron chi connectivity index (χ4n) is 3.78. The molecule has 1 saturated carbocycles. The van der Waals surface area contributed by atoms with Crippen LogP contribution in [0.3, 0.4) is 0 Å². The van der Waals surface area contributed by atoms with E-state index in [0.717, 1.165) is 19.3 Å². The summed E-state index contributed by atoms with van der Waals surface area (Å²) in [4.78, 5) is 25.6. The van der Waals surface area contributed by atoms with Gasteiger partial charge in [0.2, 0.25) is 0 Å². The zero-order chi connectivity index (χ0) is 21.4. The molecule has 1 N–H and O–H groups in total. The summed E-state index contributed by atoms with van der Waals surface area (Å²) in [5, 5.41) is 2.97. The first-order valence-corrected chi connectivity index (χ1v) is 10.7. The molecule has 0 aromatic heterocycles. The van der Waals surface area contributed by atoms with Crippen LogP contribution in [-0.2, 0) is 14.3 Å². The van der Waals surface area contributed by atoms with Gasteiger partial charge in [0.1, 0.15) is 16.9 Å². The lowest BCUT2D eigenvalue weighted by molar-refractivity contribution is -0.148. The Labute approximate surface area is 174 Å². The number of rotatable bonds is 9. The maximum Gasteiger partial charge on any atom is 0.341 e. The molecule has 2 rings (SSSR count). The summed E-state index contributed by atoms with van der Waals surface area (Å²) in [7, 11) is 0. The molecule has 1 fully saturated rings. The molecule has 0 spiro atoms. The van der Waals surface area contributed by atoms with Crippen LogP contribution < -0.4 is 10.1 Å². The van der Waals surface area contributed by atoms with E-state index in [1.165, 1.54) is 0 Å². The average molecular weight is 406 g/mol. The number of anilines is 1. The molecule has 6 nitrogen and oxygen atoms in total. The number of hydrogen-bond acceptors (Lipinski definition) is 5. The predicted molar refractivity (Wildman–Crippen MR) is 113 cm³/mol. The van der Waals surface area contributed by atoms with Gasteiger partial charge in [-0.2, -0.15) is 0 Å². The minimum atomic E-state index is -0.815. The minimum absolute atomic E-state index is 0.0851. The van der Waals surface area contributed by atoms with Crippen LogP contribution in [0.5, 0.6) is 5.75 Å². The van der Waals surface area contributed by atoms with Crippen molar-refractivity contribution in [2.75, 3.05) is 18.5 Å². The Morgan fingerprint density at radius 3 is 2.66 bits per heavy atom. The Kier molecular flexibility index (Phi) is 8.50. The van der Waals surface area contributed by atoms with Gasteiger partial charge in [0.05, 0.1) is 12.7 Å². The molecule has 1 aliphatic rings. The van der Waals surface area contributed by atoms with Crippen molar-refractivity contribution in [2.24, 2.45) is 5.92 Å². The molecule has 1 aliphatic carbocycles. The molecule has 0 heterocycles. The Balaban J connectivity index is 2.27. The lowest BCUT2D eigenvalue weighted by atomic mass is 9.78. The third kappa shape index (κ3) is 6.20. The SMILES string of the molecule is CCCO[C@@]1(C(=O)Nc2ccc(OC(C)C)c(C(=O)OCC)c2)CCC[C@H](C)C1. The summed E-state index contributed by atoms with van der Waals surface area (Å²) >= 11 is 0. The molecule has 1 aromatic carbocycles. The number of esters is 1. The summed E-state index contributed by atoms with van der Waals surface area (Å²) in [6.07, 6.45) is 4.27. The van der Waals surface area contributed by atoms with Crippen molar-refractivity contribution in [3.8, 4) is 5.75 Å². The van der Waals surface area contributed by atoms with E-state index >= 15 is 0 Å². The molecule has 2 atom stereocenters. The van der Waals surface area contributed by atoms with E-state index in [1.807, 2.05) is 20.8 Å². The fraction of sp³-hybridized carbons (Fsp3) is 0.652. The van der Waals surface area contributed by atoms with Gasteiger partial charge in [-0.1, -0.05) is 20.3 Å². The van der Waals surface area contributed by atoms with E-state index in [1.54, 1.807) is 25.1 Å². The van der Waals surface area contributed by atoms with E-state index in [9.17, 15) is 9.59 Å². The average Bonchev–Trinajstić information content (AvgIpc) is 2.67. The molecule has 0 saturated heterocycles. The molecule has 0 radical (unpaired) electrons. The number of amides is 1. The monoisotopic (exact) mass is 405 g/mol. The molecule has 29 heavy (non-hydrogen) atoms. The van der Waals surface area contributed by atoms with Crippen molar-refractivity contribution in [1.29, 1.82) is 0 Å². The highest BCUT2D eigenvalue weighted by Gasteiger charge is 2.42. The number of hydrogen-bond donors (Lipinski definition) is 1. The Morgan fingerprint density at radius 1 is 1.28 bits per heavy atom. The molecule has 1 aromatic rings. The van der Waals surface area contributed by atoms with Crippen LogP contribution in [0.2, 0.25) is 0 Å². The molecule has 1 amide bonds. The van der Waals surface area contributed by atoms with Crippen LogP contribution in [0.15, 0.2) is 18.2 Å². The van der Waals surface area contributed by atoms with Crippen LogP contribution >= 0.6 is 0 Å². The van der Waals surface area contributed by atoms with Crippen molar-refractivity contribution < 1.29 is 23.8 Å². The van der Waals surface area contributed by atoms with Crippen LogP contribution in [0.25, 0.3) is 0 Å². The van der Waals surface area contributed by atoms with E-state index < -0.39 is 11.6 Å². The Hall–Kier alpha value is -2.08. The third-order valence-electron chi connectivity index (χ3n) is 5.05. The number of ether oxygens (including phenoxy) is 3. The second-order valence-corrected chi connectivity index (χ2v) is 8.10. The highest BCUT2D eigenvalue weighted by Crippen LogP contribution is 2.37. The Morgan fingerprint density at radius 2 is 2.03 bits per heavy atom. The van der Waals surface area contributed by atoms with Gasteiger partial charge >= 0.3 is 5.97 Å². The van der Waals surface area contributed by atoms with Crippen LogP contribution in [0.4, 0.5) is 5.69 Å². The first-order chi connectivity index (χ1) is 13.8. The van der Waals surface area contributed by atoms with Crippen LogP contribution in [0.1, 0.15) is 77.1 Å². The fourth-order valence-corrected chi connectivity index (χ4v) is 3.78. The van der Waals surface area contributed by atoms with Gasteiger partial charge in [0.15, 0.2) is 0 Å². The summed E-state index contributed by atoms with van der Waals surface area (Å²) < 4.78 is 17.0. The van der Waals surface area contributed by atoms with Crippen LogP contribution in [-0.4, -0.2) is 36.8 Å². The van der Waals surface area contributed by atoms with E-state index in [2.05, 4.69) is 12.2 Å². The molecular weight excluding hydrogens is 370 g/mol. The van der Waals surface area contributed by atoms with Gasteiger partial charge in [-0.3, -0.25) is 4.79 Å². The second kappa shape index (κ2) is 10.6. The van der Waals surface area contributed by atoms with Gasteiger partial charge < -0.3 is 19.5 Å². The van der Waals surface area contributed by atoms with Gasteiger partial charge in [-0.25, -0.2) is 4.79 Å². The summed E-state index contributed by atoms with van der Waals surface area (Å²) in [6, 6.07) is 5.07. The first kappa shape index (κ1) is 23.2. The first-order valence-electron chi connectivity index (χ1n) is 10.7. The molecule has 6 heteroatoms. The van der Waals surface area contributed by atoms with Gasteiger partial charge in [0, 0.05) is 12.3 Å². The van der Waals surface area contributed by atoms with Crippen molar-refractivity contribution in [3.05, 3.63) is 23.8 Å². The van der Waals surface area contributed by atoms with E-state index in [-0.39, 0.29) is 18.6 Å². The van der Waals surface area contributed by atoms with Crippen molar-refractivity contribution in [1.82, 2.24) is 0 Å². The maximum atomic E-state index is 13.2. The van der Waals surface area contributed by atoms with E-state index in [0.29, 0.717) is 42.4 Å². The van der Waals surface area contributed by atoms with E-state index in [4.69, 9.17) is 14.2 Å². The topological polar surface area (TPSA) is 73.9 Å². The number of carbonyl (C=O) groups is 2. The smallest absolute Gasteiger partial charge is 0.341 e. The van der Waals surface area contributed by atoms with Crippen molar-refractivity contribution in [3.63, 3.8) is 0 Å². The number of nitrogens with one attached hydrogen (secondary N) is 1. The highest BCUT2D eigenvalue weighted by atomic mass is 16.5. The molecule has 0 bridgehead atoms. The highest BCUT2D eigenvalue weighted by molar-refractivity contribution is 5.99. The zero-order valence-corrected chi connectivity index (χ0v) is 18.4. The quantitative estimate of drug-likeness (QED) is 0.588. The number of carbonyl (C=O) groups excluding carboxylic acids is 2. The largest absolute Gasteiger partial charge is 0.490 e. The van der Waals surface area contributed by atoms with Crippen molar-refractivity contribution in [2.45, 2.75) is 78.4 Å². The normalized spacial score (nSPS) is 21.7. The standard InChI is InChI=1S/C23H35NO5/c1-6-13-28-23(12-8-9-17(5)15-23)22(26)24-18-10-11-20(29-16(3)4)19(14-18)21(25)27-7-2/h10-11,14,16-17H,6-9,12-13,15H2,1-5H3,(H,24,26)/t17-,23-/m0/s1. The molecule has 0 aliphatic heterocycles. The summed E-state index contributed by atoms with van der Waals surface area (Å²) in [5.74, 6) is 0.260. The minimum Gasteiger partial charge on any atom is -0.490 e. The van der Waals surface area contributed by atoms with Gasteiger partial charge in [-0.05, 0) is 70.6 Å². The van der Waals surface area contributed by atoms with Gasteiger partial charge in [-0.15, -0.1) is 0 Å². The molecule has 162 valence electrons. The Bertz CT molecular complexity index is 703. The van der Waals surface area contributed by atoms with Crippen molar-refractivity contribution >= 4 is 17.6 Å². The predicted octanol–water partition coefficient (Wildman–Crippen LogP) is 4.96. The zero-order valence-electron chi connectivity index (χ0n) is 18.4. The third-order valence-corrected chi connectivity index (χ3v) is 5.05. The molecular formula is C23H35NO5.